The van der Waals surface area contributed by atoms with Crippen LogP contribution in [0.2, 0.25) is 0 Å². The van der Waals surface area contributed by atoms with Crippen molar-refractivity contribution < 1.29 is 27.8 Å². The van der Waals surface area contributed by atoms with E-state index in [0.29, 0.717) is 6.42 Å². The number of hydrogen-bond donors (Lipinski definition) is 2. The Labute approximate surface area is 119 Å². The number of rotatable bonds is 5. The molecule has 1 aliphatic rings. The molecule has 1 atom stereocenters. The van der Waals surface area contributed by atoms with Gasteiger partial charge in [-0.2, -0.15) is 0 Å². The van der Waals surface area contributed by atoms with Crippen molar-refractivity contribution in [1.82, 2.24) is 5.32 Å². The first-order valence-electron chi connectivity index (χ1n) is 6.50. The molecule has 0 bridgehead atoms. The number of carbonyl (C=O) groups is 1. The average Bonchev–Trinajstić information content (AvgIpc) is 2.59. The van der Waals surface area contributed by atoms with Crippen molar-refractivity contribution in [3.63, 3.8) is 0 Å². The third-order valence-corrected chi connectivity index (χ3v) is 4.60. The van der Waals surface area contributed by atoms with Gasteiger partial charge in [0.05, 0.1) is 31.3 Å². The maximum Gasteiger partial charge on any atom is 0.407 e. The zero-order valence-corrected chi connectivity index (χ0v) is 13.0. The standard InChI is InChI=1S/C12H23NO6S/c1-11(2,3)19-10(15)13-8-12(18-6-5-14)4-7-20(16,17)9-12/h14H,4-9H2,1-3H3,(H,13,15). The van der Waals surface area contributed by atoms with E-state index in [1.807, 2.05) is 0 Å². The van der Waals surface area contributed by atoms with E-state index < -0.39 is 27.1 Å². The lowest BCUT2D eigenvalue weighted by molar-refractivity contribution is -0.0405. The van der Waals surface area contributed by atoms with Gasteiger partial charge in [-0.05, 0) is 27.2 Å². The zero-order valence-electron chi connectivity index (χ0n) is 12.1. The van der Waals surface area contributed by atoms with Crippen molar-refractivity contribution in [3.8, 4) is 0 Å². The molecule has 118 valence electrons. The molecule has 7 nitrogen and oxygen atoms in total. The molecule has 0 saturated carbocycles. The lowest BCUT2D eigenvalue weighted by atomic mass is 10.0. The number of carbonyl (C=O) groups excluding carboxylic acids is 1. The number of nitrogens with one attached hydrogen (secondary N) is 1. The van der Waals surface area contributed by atoms with Crippen LogP contribution in [0.25, 0.3) is 0 Å². The van der Waals surface area contributed by atoms with E-state index in [1.165, 1.54) is 0 Å². The minimum absolute atomic E-state index is 0.0222. The minimum Gasteiger partial charge on any atom is -0.444 e. The molecule has 1 amide bonds. The maximum atomic E-state index is 11.6. The predicted octanol–water partition coefficient (Wildman–Crippen LogP) is 0.0773. The molecule has 1 unspecified atom stereocenters. The predicted molar refractivity (Wildman–Crippen MR) is 73.3 cm³/mol. The molecule has 1 rings (SSSR count). The van der Waals surface area contributed by atoms with Crippen LogP contribution >= 0.6 is 0 Å². The summed E-state index contributed by atoms with van der Waals surface area (Å²) >= 11 is 0. The van der Waals surface area contributed by atoms with E-state index in [1.54, 1.807) is 20.8 Å². The second-order valence-corrected chi connectivity index (χ2v) is 8.14. The largest absolute Gasteiger partial charge is 0.444 e. The Hall–Kier alpha value is -0.860. The van der Waals surface area contributed by atoms with Gasteiger partial charge in [-0.25, -0.2) is 13.2 Å². The highest BCUT2D eigenvalue weighted by molar-refractivity contribution is 7.91. The summed E-state index contributed by atoms with van der Waals surface area (Å²) in [6.45, 7) is 5.10. The number of hydrogen-bond acceptors (Lipinski definition) is 6. The van der Waals surface area contributed by atoms with E-state index >= 15 is 0 Å². The highest BCUT2D eigenvalue weighted by Crippen LogP contribution is 2.27. The maximum absolute atomic E-state index is 11.6. The fraction of sp³-hybridized carbons (Fsp3) is 0.917. The molecule has 1 aliphatic heterocycles. The summed E-state index contributed by atoms with van der Waals surface area (Å²) in [7, 11) is -3.17. The molecule has 8 heteroatoms. The van der Waals surface area contributed by atoms with Crippen LogP contribution in [0, 0.1) is 0 Å². The van der Waals surface area contributed by atoms with E-state index in [0.717, 1.165) is 0 Å². The molecule has 0 aromatic heterocycles. The molecular formula is C12H23NO6S. The number of aliphatic hydroxyl groups excluding tert-OH is 1. The summed E-state index contributed by atoms with van der Waals surface area (Å²) in [6.07, 6.45) is -0.320. The van der Waals surface area contributed by atoms with Gasteiger partial charge in [0, 0.05) is 0 Å². The summed E-state index contributed by atoms with van der Waals surface area (Å²) in [5.41, 5.74) is -1.59. The smallest absolute Gasteiger partial charge is 0.407 e. The Bertz CT molecular complexity index is 441. The molecule has 0 spiro atoms. The average molecular weight is 309 g/mol. The number of sulfone groups is 1. The Morgan fingerprint density at radius 3 is 2.50 bits per heavy atom. The molecule has 2 N–H and O–H groups in total. The van der Waals surface area contributed by atoms with Crippen LogP contribution in [-0.2, 0) is 19.3 Å². The van der Waals surface area contributed by atoms with Crippen molar-refractivity contribution in [2.45, 2.75) is 38.4 Å². The van der Waals surface area contributed by atoms with E-state index in [-0.39, 0.29) is 31.3 Å². The Morgan fingerprint density at radius 1 is 1.40 bits per heavy atom. The van der Waals surface area contributed by atoms with Crippen LogP contribution in [-0.4, -0.2) is 62.1 Å². The molecule has 0 aromatic carbocycles. The summed E-state index contributed by atoms with van der Waals surface area (Å²) in [6, 6.07) is 0. The summed E-state index contributed by atoms with van der Waals surface area (Å²) in [4.78, 5) is 11.6. The first kappa shape index (κ1) is 17.2. The van der Waals surface area contributed by atoms with Gasteiger partial charge in [0.1, 0.15) is 11.2 Å². The normalized spacial score (nSPS) is 25.4. The van der Waals surface area contributed by atoms with Gasteiger partial charge in [-0.15, -0.1) is 0 Å². The van der Waals surface area contributed by atoms with E-state index in [9.17, 15) is 13.2 Å². The van der Waals surface area contributed by atoms with Gasteiger partial charge in [0.25, 0.3) is 0 Å². The fourth-order valence-corrected chi connectivity index (χ4v) is 3.96. The third kappa shape index (κ3) is 5.64. The van der Waals surface area contributed by atoms with Crippen molar-refractivity contribution in [2.75, 3.05) is 31.3 Å². The number of ether oxygens (including phenoxy) is 2. The van der Waals surface area contributed by atoms with E-state index in [2.05, 4.69) is 5.32 Å². The number of aliphatic hydroxyl groups is 1. The second kappa shape index (κ2) is 6.28. The van der Waals surface area contributed by atoms with Crippen LogP contribution < -0.4 is 5.32 Å². The summed E-state index contributed by atoms with van der Waals surface area (Å²) in [5, 5.41) is 11.4. The van der Waals surface area contributed by atoms with Crippen LogP contribution in [0.3, 0.4) is 0 Å². The van der Waals surface area contributed by atoms with Gasteiger partial charge in [0.15, 0.2) is 9.84 Å². The lowest BCUT2D eigenvalue weighted by Gasteiger charge is -2.29. The Kier molecular flexibility index (Phi) is 5.39. The van der Waals surface area contributed by atoms with Crippen molar-refractivity contribution >= 4 is 15.9 Å². The zero-order chi connectivity index (χ0) is 15.4. The quantitative estimate of drug-likeness (QED) is 0.745. The monoisotopic (exact) mass is 309 g/mol. The number of amides is 1. The molecule has 1 heterocycles. The molecular weight excluding hydrogens is 286 g/mol. The Balaban J connectivity index is 2.61. The van der Waals surface area contributed by atoms with Crippen LogP contribution in [0.15, 0.2) is 0 Å². The van der Waals surface area contributed by atoms with Gasteiger partial charge >= 0.3 is 6.09 Å². The van der Waals surface area contributed by atoms with E-state index in [4.69, 9.17) is 14.6 Å². The molecule has 0 radical (unpaired) electrons. The molecule has 20 heavy (non-hydrogen) atoms. The topological polar surface area (TPSA) is 102 Å². The molecule has 0 aliphatic carbocycles. The molecule has 0 aromatic rings. The van der Waals surface area contributed by atoms with Gasteiger partial charge in [0.2, 0.25) is 0 Å². The van der Waals surface area contributed by atoms with Crippen LogP contribution in [0.4, 0.5) is 4.79 Å². The van der Waals surface area contributed by atoms with Crippen LogP contribution in [0.1, 0.15) is 27.2 Å². The first-order valence-corrected chi connectivity index (χ1v) is 8.32. The van der Waals surface area contributed by atoms with Crippen molar-refractivity contribution in [2.24, 2.45) is 0 Å². The van der Waals surface area contributed by atoms with Gasteiger partial charge in [-0.3, -0.25) is 0 Å². The summed E-state index contributed by atoms with van der Waals surface area (Å²) in [5.74, 6) is -0.135. The second-order valence-electron chi connectivity index (χ2n) is 5.95. The molecule has 1 saturated heterocycles. The van der Waals surface area contributed by atoms with Gasteiger partial charge < -0.3 is 19.9 Å². The summed E-state index contributed by atoms with van der Waals surface area (Å²) < 4.78 is 33.7. The first-order chi connectivity index (χ1) is 9.08. The van der Waals surface area contributed by atoms with Crippen LogP contribution in [0.5, 0.6) is 0 Å². The highest BCUT2D eigenvalue weighted by atomic mass is 32.2. The van der Waals surface area contributed by atoms with Crippen molar-refractivity contribution in [3.05, 3.63) is 0 Å². The third-order valence-electron chi connectivity index (χ3n) is 2.80. The fourth-order valence-electron chi connectivity index (χ4n) is 2.00. The number of alkyl carbamates (subject to hydrolysis) is 1. The lowest BCUT2D eigenvalue weighted by Crippen LogP contribution is -2.47. The highest BCUT2D eigenvalue weighted by Gasteiger charge is 2.43. The Morgan fingerprint density at radius 2 is 2.05 bits per heavy atom. The van der Waals surface area contributed by atoms with Gasteiger partial charge in [-0.1, -0.05) is 0 Å². The SMILES string of the molecule is CC(C)(C)OC(=O)NCC1(OCCO)CCS(=O)(=O)C1. The molecule has 1 fully saturated rings. The van der Waals surface area contributed by atoms with Crippen molar-refractivity contribution in [1.29, 1.82) is 0 Å². The minimum atomic E-state index is -3.17.